The van der Waals surface area contributed by atoms with Gasteiger partial charge < -0.3 is 20.5 Å². The lowest BCUT2D eigenvalue weighted by Gasteiger charge is -2.23. The summed E-state index contributed by atoms with van der Waals surface area (Å²) < 4.78 is 29.1. The van der Waals surface area contributed by atoms with Gasteiger partial charge in [-0.15, -0.1) is 0 Å². The number of aryl methyl sites for hydroxylation is 1. The van der Waals surface area contributed by atoms with Crippen LogP contribution in [0, 0.1) is 0 Å². The number of rotatable bonds is 9. The molecule has 3 rings (SSSR count). The molecule has 0 amide bonds. The molecule has 0 saturated carbocycles. The minimum Gasteiger partial charge on any atom is -0.373 e. The van der Waals surface area contributed by atoms with Gasteiger partial charge >= 0.3 is 0 Å². The van der Waals surface area contributed by atoms with E-state index in [9.17, 15) is 23.1 Å². The number of anilines is 3. The lowest BCUT2D eigenvalue weighted by atomic mass is 10.0. The third-order valence-corrected chi connectivity index (χ3v) is 6.76. The highest BCUT2D eigenvalue weighted by Crippen LogP contribution is 2.37. The molecule has 33 heavy (non-hydrogen) atoms. The lowest BCUT2D eigenvalue weighted by molar-refractivity contribution is -0.0782. The summed E-state index contributed by atoms with van der Waals surface area (Å²) in [6, 6.07) is 10.1. The third-order valence-electron chi connectivity index (χ3n) is 5.32. The molecule has 3 aromatic rings. The molecule has 2 unspecified atom stereocenters. The smallest absolute Gasteiger partial charge is 0.253 e. The molecule has 0 aliphatic rings. The van der Waals surface area contributed by atoms with Gasteiger partial charge in [0.1, 0.15) is 16.3 Å². The average molecular weight is 494 g/mol. The number of benzene rings is 2. The van der Waals surface area contributed by atoms with E-state index in [2.05, 4.69) is 10.6 Å². The molecule has 0 radical (unpaired) electrons. The van der Waals surface area contributed by atoms with Crippen molar-refractivity contribution in [2.24, 2.45) is 5.14 Å². The second kappa shape index (κ2) is 9.62. The maximum atomic E-state index is 12.3. The molecule has 0 aliphatic heterocycles. The summed E-state index contributed by atoms with van der Waals surface area (Å²) in [7, 11) is -3.21. The zero-order valence-corrected chi connectivity index (χ0v) is 19.8. The Hall–Kier alpha value is -2.76. The highest BCUT2D eigenvalue weighted by Gasteiger charge is 2.29. The number of hydrogen-bond acceptors (Lipinski definition) is 8. The van der Waals surface area contributed by atoms with Crippen LogP contribution in [0.3, 0.4) is 0 Å². The zero-order chi connectivity index (χ0) is 24.5. The molecule has 0 saturated heterocycles. The van der Waals surface area contributed by atoms with Crippen LogP contribution in [0.25, 0.3) is 0 Å². The van der Waals surface area contributed by atoms with Crippen LogP contribution in [0.2, 0.25) is 5.02 Å². The van der Waals surface area contributed by atoms with Gasteiger partial charge in [-0.2, -0.15) is 0 Å². The fourth-order valence-electron chi connectivity index (χ4n) is 3.46. The van der Waals surface area contributed by atoms with Crippen LogP contribution >= 0.6 is 11.6 Å². The van der Waals surface area contributed by atoms with Crippen molar-refractivity contribution in [1.82, 2.24) is 0 Å². The largest absolute Gasteiger partial charge is 0.373 e. The van der Waals surface area contributed by atoms with Crippen molar-refractivity contribution in [2.75, 3.05) is 17.7 Å². The van der Waals surface area contributed by atoms with E-state index >= 15 is 0 Å². The molecule has 5 N–H and O–H groups in total. The Morgan fingerprint density at radius 2 is 1.70 bits per heavy atom. The maximum absolute atomic E-state index is 12.3. The van der Waals surface area contributed by atoms with Crippen LogP contribution < -0.4 is 26.6 Å². The highest BCUT2D eigenvalue weighted by molar-refractivity contribution is 7.89. The van der Waals surface area contributed by atoms with Crippen molar-refractivity contribution in [1.29, 1.82) is 0 Å². The van der Waals surface area contributed by atoms with E-state index in [1.54, 1.807) is 0 Å². The van der Waals surface area contributed by atoms with Gasteiger partial charge in [-0.25, -0.2) is 13.6 Å². The third kappa shape index (κ3) is 4.94. The number of aliphatic hydroxyl groups is 1. The van der Waals surface area contributed by atoms with Crippen molar-refractivity contribution in [3.63, 3.8) is 0 Å². The summed E-state index contributed by atoms with van der Waals surface area (Å²) in [4.78, 5) is 24.0. The van der Waals surface area contributed by atoms with E-state index in [1.807, 2.05) is 38.1 Å². The number of ether oxygens (including phenoxy) is 1. The molecule has 0 spiro atoms. The van der Waals surface area contributed by atoms with Crippen LogP contribution in [0.4, 0.5) is 17.1 Å². The molecule has 0 aromatic heterocycles. The van der Waals surface area contributed by atoms with E-state index in [0.717, 1.165) is 19.1 Å². The van der Waals surface area contributed by atoms with Gasteiger partial charge in [0.15, 0.2) is 6.29 Å². The summed E-state index contributed by atoms with van der Waals surface area (Å²) in [6.45, 7) is 3.88. The Bertz CT molecular complexity index is 1350. The van der Waals surface area contributed by atoms with Crippen molar-refractivity contribution < 1.29 is 18.3 Å². The van der Waals surface area contributed by atoms with Gasteiger partial charge in [0.05, 0.1) is 10.6 Å². The van der Waals surface area contributed by atoms with Gasteiger partial charge in [-0.3, -0.25) is 9.59 Å². The Morgan fingerprint density at radius 1 is 1.09 bits per heavy atom. The number of nitrogens with one attached hydrogen (secondary N) is 2. The molecule has 11 heteroatoms. The number of sulfonamides is 1. The molecule has 0 aliphatic carbocycles. The van der Waals surface area contributed by atoms with Gasteiger partial charge in [-0.1, -0.05) is 42.8 Å². The summed E-state index contributed by atoms with van der Waals surface area (Å²) in [5, 5.41) is 21.1. The minimum atomic E-state index is -4.36. The summed E-state index contributed by atoms with van der Waals surface area (Å²) in [5.41, 5.74) is 0.230. The standard InChI is InChI=1S/C22H24ClN3O6S/c1-4-12-5-7-13(8-6-12)11(2)25-17-18(20(28)19(17)27)26-15-10-9-14(23)21(33(24,30)31)16(15)22(29)32-3/h5-11,22,25-26,29H,4H2,1-3H3,(H2,24,30,31). The molecule has 9 nitrogen and oxygen atoms in total. The van der Waals surface area contributed by atoms with Gasteiger partial charge in [-0.05, 0) is 36.6 Å². The summed E-state index contributed by atoms with van der Waals surface area (Å²) in [5.74, 6) is 0. The molecular formula is C22H24ClN3O6S. The maximum Gasteiger partial charge on any atom is 0.253 e. The second-order valence-corrected chi connectivity index (χ2v) is 9.37. The van der Waals surface area contributed by atoms with Crippen molar-refractivity contribution >= 4 is 38.7 Å². The Kier molecular flexibility index (Phi) is 7.25. The topological polar surface area (TPSA) is 148 Å². The molecule has 0 bridgehead atoms. The summed E-state index contributed by atoms with van der Waals surface area (Å²) in [6.07, 6.45) is -0.829. The van der Waals surface area contributed by atoms with Gasteiger partial charge in [0.2, 0.25) is 10.0 Å². The minimum absolute atomic E-state index is 0.00660. The average Bonchev–Trinajstić information content (AvgIpc) is 2.79. The zero-order valence-electron chi connectivity index (χ0n) is 18.2. The molecule has 0 heterocycles. The van der Waals surface area contributed by atoms with E-state index < -0.39 is 32.1 Å². The van der Waals surface area contributed by atoms with Crippen molar-refractivity contribution in [3.8, 4) is 0 Å². The number of methoxy groups -OCH3 is 1. The van der Waals surface area contributed by atoms with E-state index in [-0.39, 0.29) is 33.7 Å². The first-order valence-corrected chi connectivity index (χ1v) is 11.9. The number of hydrogen-bond donors (Lipinski definition) is 4. The Morgan fingerprint density at radius 3 is 2.24 bits per heavy atom. The first-order chi connectivity index (χ1) is 15.5. The van der Waals surface area contributed by atoms with Crippen LogP contribution in [0.5, 0.6) is 0 Å². The number of aliphatic hydroxyl groups excluding tert-OH is 1. The molecule has 3 aromatic carbocycles. The highest BCUT2D eigenvalue weighted by atomic mass is 35.5. The first-order valence-electron chi connectivity index (χ1n) is 10.0. The van der Waals surface area contributed by atoms with E-state index in [0.29, 0.717) is 0 Å². The van der Waals surface area contributed by atoms with Crippen molar-refractivity contribution in [2.45, 2.75) is 37.5 Å². The first kappa shape index (κ1) is 24.9. The SMILES string of the molecule is CCc1ccc(C(C)Nc2c(Nc3ccc(Cl)c(S(N)(=O)=O)c3C(O)OC)c(=O)c2=O)cc1. The van der Waals surface area contributed by atoms with Crippen LogP contribution in [0.15, 0.2) is 50.9 Å². The number of primary sulfonamides is 1. The van der Waals surface area contributed by atoms with Gasteiger partial charge in [0, 0.05) is 18.8 Å². The van der Waals surface area contributed by atoms with Crippen LogP contribution in [-0.4, -0.2) is 20.6 Å². The summed E-state index contributed by atoms with van der Waals surface area (Å²) >= 11 is 6.01. The monoisotopic (exact) mass is 493 g/mol. The molecule has 2 atom stereocenters. The number of nitrogens with two attached hydrogens (primary N) is 1. The molecule has 0 fully saturated rings. The normalized spacial score (nSPS) is 13.6. The number of halogens is 1. The van der Waals surface area contributed by atoms with Crippen LogP contribution in [0.1, 0.15) is 42.9 Å². The van der Waals surface area contributed by atoms with Gasteiger partial charge in [0.25, 0.3) is 10.9 Å². The van der Waals surface area contributed by atoms with Crippen molar-refractivity contribution in [3.05, 3.63) is 78.6 Å². The van der Waals surface area contributed by atoms with Crippen LogP contribution in [-0.2, 0) is 21.2 Å². The Balaban J connectivity index is 2.00. The predicted octanol–water partition coefficient (Wildman–Crippen LogP) is 2.70. The quantitative estimate of drug-likeness (QED) is 0.262. The van der Waals surface area contributed by atoms with E-state index in [4.69, 9.17) is 21.5 Å². The predicted molar refractivity (Wildman–Crippen MR) is 127 cm³/mol. The fourth-order valence-corrected chi connectivity index (χ4v) is 4.80. The fraction of sp³-hybridized carbons (Fsp3) is 0.273. The Labute approximate surface area is 195 Å². The molecular weight excluding hydrogens is 470 g/mol. The molecule has 176 valence electrons. The second-order valence-electron chi connectivity index (χ2n) is 7.47. The van der Waals surface area contributed by atoms with E-state index in [1.165, 1.54) is 17.7 Å². The lowest BCUT2D eigenvalue weighted by Crippen LogP contribution is -2.37.